The fraction of sp³-hybridized carbons (Fsp3) is 0. The number of phenolic OH excluding ortho intramolecular Hbond substituents is 1. The molecule has 0 atom stereocenters. The van der Waals surface area contributed by atoms with Gasteiger partial charge in [-0.25, -0.2) is 0 Å². The number of aliphatic imine (C=N–C) groups is 1. The van der Waals surface area contributed by atoms with Crippen LogP contribution < -0.4 is 0 Å². The zero-order chi connectivity index (χ0) is 24.1. The molecule has 0 spiro atoms. The molecule has 0 bridgehead atoms. The van der Waals surface area contributed by atoms with Crippen molar-refractivity contribution in [1.82, 2.24) is 0 Å². The third-order valence-electron chi connectivity index (χ3n) is 5.44. The van der Waals surface area contributed by atoms with E-state index in [1.54, 1.807) is 6.21 Å². The molecule has 0 fully saturated rings. The van der Waals surface area contributed by atoms with E-state index in [0.29, 0.717) is 5.56 Å². The van der Waals surface area contributed by atoms with Crippen molar-refractivity contribution in [2.45, 2.75) is 0 Å². The fourth-order valence-corrected chi connectivity index (χ4v) is 3.95. The Kier molecular flexibility index (Phi) is 8.21. The van der Waals surface area contributed by atoms with Crippen LogP contribution in [0.25, 0.3) is 32.7 Å². The third-order valence-corrected chi connectivity index (χ3v) is 5.44. The molecule has 0 radical (unpaired) electrons. The summed E-state index contributed by atoms with van der Waals surface area (Å²) in [6, 6.07) is 32.3. The summed E-state index contributed by atoms with van der Waals surface area (Å²) in [7, 11) is 14.9. The van der Waals surface area contributed by atoms with Gasteiger partial charge in [0.1, 0.15) is 5.75 Å². The van der Waals surface area contributed by atoms with Crippen molar-refractivity contribution in [2.24, 2.45) is 4.99 Å². The Morgan fingerprint density at radius 2 is 1.29 bits per heavy atom. The van der Waals surface area contributed by atoms with E-state index in [2.05, 4.69) is 42.2 Å². The van der Waals surface area contributed by atoms with Gasteiger partial charge < -0.3 is 10.1 Å². The number of hydrogen-bond acceptors (Lipinski definition) is 2. The standard InChI is InChI=1S/C28H20NO.3ClH.Ti/c1-19-9-2-7-16-26(19)29-18-22-12-8-15-25(28(22)30)27-23-13-5-3-10-20(23)17-21-11-4-6-14-24(21)27;;;;/h2-18,30H,1H2;3*1H;/q-1;;;;+4/p-3. The second-order valence-electron chi connectivity index (χ2n) is 7.54. The third kappa shape index (κ3) is 5.60. The fourth-order valence-electron chi connectivity index (χ4n) is 3.95. The molecule has 0 aliphatic carbocycles. The van der Waals surface area contributed by atoms with E-state index in [0.717, 1.165) is 43.9 Å². The Labute approximate surface area is 216 Å². The van der Waals surface area contributed by atoms with Crippen molar-refractivity contribution in [1.29, 1.82) is 0 Å². The molecule has 168 valence electrons. The van der Waals surface area contributed by atoms with E-state index >= 15 is 0 Å². The Morgan fingerprint density at radius 3 is 1.91 bits per heavy atom. The van der Waals surface area contributed by atoms with Gasteiger partial charge in [-0.15, -0.1) is 6.07 Å². The van der Waals surface area contributed by atoms with Gasteiger partial charge >= 0.3 is 42.6 Å². The molecule has 0 amide bonds. The van der Waals surface area contributed by atoms with Crippen LogP contribution in [-0.4, -0.2) is 11.3 Å². The topological polar surface area (TPSA) is 32.6 Å². The average molecular weight is 541 g/mol. The van der Waals surface area contributed by atoms with Crippen LogP contribution in [0.3, 0.4) is 0 Å². The second kappa shape index (κ2) is 11.3. The predicted molar refractivity (Wildman–Crippen MR) is 144 cm³/mol. The van der Waals surface area contributed by atoms with Crippen LogP contribution in [0.1, 0.15) is 11.1 Å². The minimum atomic E-state index is -1.92. The van der Waals surface area contributed by atoms with Gasteiger partial charge in [0.2, 0.25) is 0 Å². The molecule has 0 saturated heterocycles. The number of benzene rings is 5. The maximum absolute atomic E-state index is 11.2. The summed E-state index contributed by atoms with van der Waals surface area (Å²) in [5.41, 5.74) is 4.15. The quantitative estimate of drug-likeness (QED) is 0.105. The van der Waals surface area contributed by atoms with Crippen molar-refractivity contribution in [3.05, 3.63) is 115 Å². The number of fused-ring (bicyclic) bond motifs is 2. The molecule has 0 heterocycles. The van der Waals surface area contributed by atoms with Crippen LogP contribution in [-0.2, 0) is 14.7 Å². The Balaban J connectivity index is 0.000000636. The number of phenols is 1. The van der Waals surface area contributed by atoms with Crippen LogP contribution >= 0.6 is 27.9 Å². The predicted octanol–water partition coefficient (Wildman–Crippen LogP) is 9.36. The molecule has 5 aromatic rings. The number of halogens is 3. The van der Waals surface area contributed by atoms with Crippen molar-refractivity contribution < 1.29 is 19.8 Å². The second-order valence-corrected chi connectivity index (χ2v) is 15.3. The van der Waals surface area contributed by atoms with Gasteiger partial charge in [0, 0.05) is 22.9 Å². The van der Waals surface area contributed by atoms with Crippen LogP contribution in [0.4, 0.5) is 5.69 Å². The number of rotatable bonds is 3. The van der Waals surface area contributed by atoms with Crippen molar-refractivity contribution in [3.8, 4) is 16.9 Å². The summed E-state index contributed by atoms with van der Waals surface area (Å²) >= 11 is -1.92. The van der Waals surface area contributed by atoms with E-state index in [1.807, 2.05) is 66.7 Å². The summed E-state index contributed by atoms with van der Waals surface area (Å²) < 4.78 is 0. The van der Waals surface area contributed by atoms with Gasteiger partial charge in [-0.1, -0.05) is 72.8 Å². The molecule has 5 rings (SSSR count). The summed E-state index contributed by atoms with van der Waals surface area (Å²) in [6.07, 6.45) is 1.70. The van der Waals surface area contributed by atoms with Crippen LogP contribution in [0.2, 0.25) is 0 Å². The molecule has 6 heteroatoms. The van der Waals surface area contributed by atoms with Gasteiger partial charge in [-0.05, 0) is 39.4 Å². The Morgan fingerprint density at radius 1 is 0.735 bits per heavy atom. The van der Waals surface area contributed by atoms with Gasteiger partial charge in [0.25, 0.3) is 0 Å². The van der Waals surface area contributed by atoms with Gasteiger partial charge in [0.15, 0.2) is 0 Å². The molecule has 0 aliphatic rings. The molecular formula is C28H20Cl3NOTi. The number of hydrogen-bond donors (Lipinski definition) is 1. The minimum absolute atomic E-state index is 0.226. The summed E-state index contributed by atoms with van der Waals surface area (Å²) in [5.74, 6) is 0.226. The molecule has 0 aliphatic heterocycles. The van der Waals surface area contributed by atoms with Crippen LogP contribution in [0.15, 0.2) is 102 Å². The van der Waals surface area contributed by atoms with E-state index in [1.165, 1.54) is 0 Å². The molecule has 0 unspecified atom stereocenters. The molecule has 2 nitrogen and oxygen atoms in total. The van der Waals surface area contributed by atoms with Crippen LogP contribution in [0, 0.1) is 6.92 Å². The van der Waals surface area contributed by atoms with E-state index in [9.17, 15) is 5.11 Å². The van der Waals surface area contributed by atoms with Crippen molar-refractivity contribution >= 4 is 61.4 Å². The van der Waals surface area contributed by atoms with Gasteiger partial charge in [-0.3, -0.25) is 0 Å². The Bertz CT molecular complexity index is 1430. The number of nitrogens with zero attached hydrogens (tertiary/aromatic N) is 1. The van der Waals surface area contributed by atoms with E-state index in [-0.39, 0.29) is 5.75 Å². The first-order chi connectivity index (χ1) is 16.5. The molecule has 34 heavy (non-hydrogen) atoms. The number of para-hydroxylation sites is 2. The van der Waals surface area contributed by atoms with Gasteiger partial charge in [0.05, 0.1) is 0 Å². The van der Waals surface area contributed by atoms with Crippen molar-refractivity contribution in [3.63, 3.8) is 0 Å². The van der Waals surface area contributed by atoms with Crippen LogP contribution in [0.5, 0.6) is 5.75 Å². The van der Waals surface area contributed by atoms with E-state index in [4.69, 9.17) is 27.9 Å². The summed E-state index contributed by atoms with van der Waals surface area (Å²) in [5, 5.41) is 15.7. The summed E-state index contributed by atoms with van der Waals surface area (Å²) in [6.45, 7) is 4.01. The zero-order valence-corrected chi connectivity index (χ0v) is 21.9. The first kappa shape index (κ1) is 24.7. The first-order valence-corrected chi connectivity index (χ1v) is 16.9. The Hall–Kier alpha value is -2.46. The monoisotopic (exact) mass is 539 g/mol. The molecular weight excluding hydrogens is 521 g/mol. The molecule has 1 N–H and O–H groups in total. The number of aromatic hydroxyl groups is 1. The molecule has 0 saturated carbocycles. The SMILES string of the molecule is [CH2-]c1ccccc1N=Cc1cccc(-c2c3ccccc3cc3ccccc23)c1O.[Cl][Ti+]([Cl])[Cl]. The zero-order valence-electron chi connectivity index (χ0n) is 18.1. The van der Waals surface area contributed by atoms with Crippen molar-refractivity contribution in [2.75, 3.05) is 0 Å². The van der Waals surface area contributed by atoms with E-state index < -0.39 is 14.7 Å². The van der Waals surface area contributed by atoms with Gasteiger partial charge in [-0.2, -0.15) is 18.6 Å². The first-order valence-electron chi connectivity index (χ1n) is 10.5. The summed E-state index contributed by atoms with van der Waals surface area (Å²) in [4.78, 5) is 4.55. The molecule has 5 aromatic carbocycles. The molecule has 0 aromatic heterocycles. The maximum atomic E-state index is 11.2. The normalized spacial score (nSPS) is 10.9. The average Bonchev–Trinajstić information content (AvgIpc) is 2.83.